The van der Waals surface area contributed by atoms with Gasteiger partial charge in [0.25, 0.3) is 0 Å². The van der Waals surface area contributed by atoms with Crippen molar-refractivity contribution in [3.63, 3.8) is 0 Å². The van der Waals surface area contributed by atoms with E-state index >= 15 is 0 Å². The number of likely N-dealkylation sites (tertiary alicyclic amines) is 1. The summed E-state index contributed by atoms with van der Waals surface area (Å²) in [5.41, 5.74) is 2.13. The lowest BCUT2D eigenvalue weighted by Gasteiger charge is -2.30. The average molecular weight is 326 g/mol. The summed E-state index contributed by atoms with van der Waals surface area (Å²) in [4.78, 5) is 27.8. The quantitative estimate of drug-likeness (QED) is 0.873. The first-order valence-corrected chi connectivity index (χ1v) is 7.83. The molecule has 2 aromatic rings. The highest BCUT2D eigenvalue weighted by atomic mass is 16.5. The number of carbonyl (C=O) groups is 2. The van der Waals surface area contributed by atoms with E-state index in [1.807, 2.05) is 18.2 Å². The molecule has 1 unspecified atom stereocenters. The molecule has 1 aliphatic rings. The zero-order valence-electron chi connectivity index (χ0n) is 13.1. The van der Waals surface area contributed by atoms with Crippen molar-refractivity contribution in [2.45, 2.75) is 18.9 Å². The third kappa shape index (κ3) is 3.71. The highest BCUT2D eigenvalue weighted by Crippen LogP contribution is 2.22. The number of hydrogen-bond acceptors (Lipinski definition) is 4. The molecule has 0 aliphatic carbocycles. The van der Waals surface area contributed by atoms with Crippen LogP contribution in [0.2, 0.25) is 0 Å². The molecule has 6 nitrogen and oxygen atoms in total. The Balaban J connectivity index is 1.75. The van der Waals surface area contributed by atoms with E-state index in [9.17, 15) is 9.59 Å². The van der Waals surface area contributed by atoms with Crippen molar-refractivity contribution in [1.82, 2.24) is 9.88 Å². The maximum absolute atomic E-state index is 11.1. The van der Waals surface area contributed by atoms with Crippen LogP contribution in [0.25, 0.3) is 11.3 Å². The van der Waals surface area contributed by atoms with Gasteiger partial charge in [0.1, 0.15) is 12.4 Å². The molecule has 3 rings (SSSR count). The number of amides is 1. The maximum Gasteiger partial charge on any atom is 0.407 e. The molecule has 0 radical (unpaired) electrons. The second-order valence-corrected chi connectivity index (χ2v) is 5.72. The van der Waals surface area contributed by atoms with E-state index in [-0.39, 0.29) is 6.10 Å². The van der Waals surface area contributed by atoms with Crippen molar-refractivity contribution in [2.75, 3.05) is 13.1 Å². The number of hydrogen-bond donors (Lipinski definition) is 1. The van der Waals surface area contributed by atoms with Gasteiger partial charge in [-0.25, -0.2) is 9.78 Å². The summed E-state index contributed by atoms with van der Waals surface area (Å²) in [7, 11) is 0. The molecule has 1 saturated heterocycles. The minimum absolute atomic E-state index is 0.195. The predicted molar refractivity (Wildman–Crippen MR) is 88.3 cm³/mol. The number of carbonyl (C=O) groups excluding carboxylic acids is 1. The fourth-order valence-corrected chi connectivity index (χ4v) is 2.79. The number of rotatable bonds is 4. The monoisotopic (exact) mass is 326 g/mol. The number of pyridine rings is 1. The molecular formula is C18H18N2O4. The van der Waals surface area contributed by atoms with Gasteiger partial charge in [-0.1, -0.05) is 24.3 Å². The summed E-state index contributed by atoms with van der Waals surface area (Å²) >= 11 is 0. The molecule has 24 heavy (non-hydrogen) atoms. The molecule has 1 aliphatic heterocycles. The van der Waals surface area contributed by atoms with Gasteiger partial charge in [-0.05, 0) is 25.0 Å². The molecule has 0 bridgehead atoms. The number of piperidine rings is 1. The van der Waals surface area contributed by atoms with Crippen LogP contribution >= 0.6 is 0 Å². The molecule has 1 fully saturated rings. The fourth-order valence-electron chi connectivity index (χ4n) is 2.79. The number of aldehydes is 1. The van der Waals surface area contributed by atoms with Crippen LogP contribution in [0.1, 0.15) is 23.2 Å². The second-order valence-electron chi connectivity index (χ2n) is 5.72. The number of nitrogens with zero attached hydrogens (tertiary/aromatic N) is 2. The Bertz CT molecular complexity index is 747. The lowest BCUT2D eigenvalue weighted by molar-refractivity contribution is 0.0768. The molecular weight excluding hydrogens is 308 g/mol. The van der Waals surface area contributed by atoms with Gasteiger partial charge in [-0.15, -0.1) is 0 Å². The van der Waals surface area contributed by atoms with Crippen molar-refractivity contribution in [3.05, 3.63) is 48.0 Å². The first-order chi connectivity index (χ1) is 11.7. The van der Waals surface area contributed by atoms with E-state index in [1.54, 1.807) is 24.3 Å². The highest BCUT2D eigenvalue weighted by Gasteiger charge is 2.24. The lowest BCUT2D eigenvalue weighted by Crippen LogP contribution is -2.43. The Morgan fingerprint density at radius 3 is 2.92 bits per heavy atom. The van der Waals surface area contributed by atoms with E-state index in [1.165, 1.54) is 4.90 Å². The Hall–Kier alpha value is -2.89. The van der Waals surface area contributed by atoms with Crippen LogP contribution in [-0.2, 0) is 0 Å². The summed E-state index contributed by atoms with van der Waals surface area (Å²) in [5.74, 6) is 0.459. The van der Waals surface area contributed by atoms with E-state index in [2.05, 4.69) is 4.98 Å². The summed E-state index contributed by atoms with van der Waals surface area (Å²) in [5, 5.41) is 9.09. The van der Waals surface area contributed by atoms with Crippen molar-refractivity contribution >= 4 is 12.4 Å². The van der Waals surface area contributed by atoms with Crippen LogP contribution in [0, 0.1) is 0 Å². The molecule has 1 N–H and O–H groups in total. The van der Waals surface area contributed by atoms with Crippen molar-refractivity contribution in [2.24, 2.45) is 0 Å². The van der Waals surface area contributed by atoms with Crippen molar-refractivity contribution < 1.29 is 19.4 Å². The Labute approximate surface area is 139 Å². The summed E-state index contributed by atoms with van der Waals surface area (Å²) in [6.07, 6.45) is 1.26. The number of ether oxygens (including phenoxy) is 1. The Morgan fingerprint density at radius 1 is 1.29 bits per heavy atom. The van der Waals surface area contributed by atoms with Crippen molar-refractivity contribution in [3.8, 4) is 17.1 Å². The molecule has 1 atom stereocenters. The molecule has 6 heteroatoms. The molecule has 1 amide bonds. The summed E-state index contributed by atoms with van der Waals surface area (Å²) < 4.78 is 5.87. The highest BCUT2D eigenvalue weighted by molar-refractivity contribution is 5.78. The lowest BCUT2D eigenvalue weighted by atomic mass is 10.1. The molecule has 0 spiro atoms. The standard InChI is InChI=1S/C18H18N2O4/c21-12-13-4-1-5-14(10-13)16-7-2-8-17(19-16)24-15-6-3-9-20(11-15)18(22)23/h1-2,4-5,7-8,10,12,15H,3,6,9,11H2,(H,22,23). The fraction of sp³-hybridized carbons (Fsp3) is 0.278. The van der Waals surface area contributed by atoms with Gasteiger partial charge in [0.2, 0.25) is 5.88 Å². The normalized spacial score (nSPS) is 17.3. The summed E-state index contributed by atoms with van der Waals surface area (Å²) in [6, 6.07) is 12.6. The number of benzene rings is 1. The van der Waals surface area contributed by atoms with E-state index in [0.717, 1.165) is 24.7 Å². The Kier molecular flexibility index (Phi) is 4.74. The van der Waals surface area contributed by atoms with Crippen LogP contribution in [0.4, 0.5) is 4.79 Å². The number of aromatic nitrogens is 1. The van der Waals surface area contributed by atoms with Gasteiger partial charge in [-0.2, -0.15) is 0 Å². The van der Waals surface area contributed by atoms with Crippen molar-refractivity contribution in [1.29, 1.82) is 0 Å². The van der Waals surface area contributed by atoms with Crippen LogP contribution in [0.5, 0.6) is 5.88 Å². The smallest absolute Gasteiger partial charge is 0.407 e. The van der Waals surface area contributed by atoms with Gasteiger partial charge in [-0.3, -0.25) is 4.79 Å². The number of carboxylic acid groups (broad SMARTS) is 1. The van der Waals surface area contributed by atoms with Crippen LogP contribution in [-0.4, -0.2) is 46.6 Å². The van der Waals surface area contributed by atoms with Crippen LogP contribution in [0.3, 0.4) is 0 Å². The topological polar surface area (TPSA) is 79.7 Å². The van der Waals surface area contributed by atoms with Crippen LogP contribution in [0.15, 0.2) is 42.5 Å². The van der Waals surface area contributed by atoms with Gasteiger partial charge >= 0.3 is 6.09 Å². The van der Waals surface area contributed by atoms with Gasteiger partial charge < -0.3 is 14.7 Å². The van der Waals surface area contributed by atoms with Gasteiger partial charge in [0.05, 0.1) is 12.2 Å². The zero-order chi connectivity index (χ0) is 16.9. The molecule has 1 aromatic carbocycles. The van der Waals surface area contributed by atoms with Gasteiger partial charge in [0, 0.05) is 23.7 Å². The molecule has 1 aromatic heterocycles. The average Bonchev–Trinajstić information content (AvgIpc) is 2.62. The maximum atomic E-state index is 11.1. The Morgan fingerprint density at radius 2 is 2.12 bits per heavy atom. The van der Waals surface area contributed by atoms with E-state index < -0.39 is 6.09 Å². The van der Waals surface area contributed by atoms with Gasteiger partial charge in [0.15, 0.2) is 0 Å². The van der Waals surface area contributed by atoms with E-state index in [4.69, 9.17) is 9.84 Å². The third-order valence-electron chi connectivity index (χ3n) is 3.98. The zero-order valence-corrected chi connectivity index (χ0v) is 13.1. The SMILES string of the molecule is O=Cc1cccc(-c2cccc(OC3CCCN(C(=O)O)C3)n2)c1. The van der Waals surface area contributed by atoms with Crippen LogP contribution < -0.4 is 4.74 Å². The predicted octanol–water partition coefficient (Wildman–Crippen LogP) is 3.08. The first kappa shape index (κ1) is 16.0. The second kappa shape index (κ2) is 7.12. The molecule has 0 saturated carbocycles. The first-order valence-electron chi connectivity index (χ1n) is 7.83. The summed E-state index contributed by atoms with van der Waals surface area (Å²) in [6.45, 7) is 0.892. The minimum atomic E-state index is -0.921. The largest absolute Gasteiger partial charge is 0.472 e. The third-order valence-corrected chi connectivity index (χ3v) is 3.98. The molecule has 2 heterocycles. The minimum Gasteiger partial charge on any atom is -0.472 e. The molecule has 124 valence electrons. The van der Waals surface area contributed by atoms with E-state index in [0.29, 0.717) is 30.2 Å².